The second kappa shape index (κ2) is 10.4. The van der Waals surface area contributed by atoms with Crippen LogP contribution in [0.3, 0.4) is 0 Å². The third kappa shape index (κ3) is 5.60. The molecule has 2 aliphatic heterocycles. The molecule has 4 rings (SSSR count). The van der Waals surface area contributed by atoms with E-state index in [1.807, 2.05) is 31.2 Å². The van der Waals surface area contributed by atoms with Gasteiger partial charge in [-0.2, -0.15) is 0 Å². The first-order valence-corrected chi connectivity index (χ1v) is 12.4. The van der Waals surface area contributed by atoms with Gasteiger partial charge in [-0.25, -0.2) is 4.90 Å². The Labute approximate surface area is 203 Å². The van der Waals surface area contributed by atoms with E-state index < -0.39 is 5.25 Å². The standard InChI is InChI=1S/C26H26N2O3S2/c1-18-5-7-19(8-6-18)9-14-22(29)20-10-12-21(13-11-20)28-24(30)17-23(25(28)31)33-26(32)27-15-3-2-4-16-27/h5-14,23H,2-4,15-17H2,1H3/b14-9+. The van der Waals surface area contributed by atoms with E-state index in [4.69, 9.17) is 12.2 Å². The van der Waals surface area contributed by atoms with Crippen molar-refractivity contribution in [3.8, 4) is 0 Å². The first kappa shape index (κ1) is 23.4. The Balaban J connectivity index is 1.39. The van der Waals surface area contributed by atoms with E-state index in [0.29, 0.717) is 15.6 Å². The number of thioether (sulfide) groups is 1. The average molecular weight is 479 g/mol. The van der Waals surface area contributed by atoms with E-state index in [1.54, 1.807) is 30.3 Å². The quantitative estimate of drug-likeness (QED) is 0.260. The Bertz CT molecular complexity index is 1090. The molecular formula is C26H26N2O3S2. The fraction of sp³-hybridized carbons (Fsp3) is 0.308. The van der Waals surface area contributed by atoms with Crippen LogP contribution in [0.4, 0.5) is 5.69 Å². The maximum atomic E-state index is 13.0. The molecule has 2 aromatic rings. The number of rotatable bonds is 5. The molecule has 0 saturated carbocycles. The highest BCUT2D eigenvalue weighted by Crippen LogP contribution is 2.32. The average Bonchev–Trinajstić information content (AvgIpc) is 3.11. The van der Waals surface area contributed by atoms with Crippen molar-refractivity contribution >= 4 is 57.7 Å². The van der Waals surface area contributed by atoms with Crippen molar-refractivity contribution in [3.05, 3.63) is 71.3 Å². The molecule has 1 unspecified atom stereocenters. The zero-order chi connectivity index (χ0) is 23.4. The molecule has 5 nitrogen and oxygen atoms in total. The summed E-state index contributed by atoms with van der Waals surface area (Å²) in [6, 6.07) is 14.5. The van der Waals surface area contributed by atoms with E-state index >= 15 is 0 Å². The molecule has 170 valence electrons. The molecular weight excluding hydrogens is 452 g/mol. The fourth-order valence-corrected chi connectivity index (χ4v) is 5.50. The number of amides is 2. The summed E-state index contributed by atoms with van der Waals surface area (Å²) in [5.41, 5.74) is 3.09. The first-order chi connectivity index (χ1) is 15.9. The summed E-state index contributed by atoms with van der Waals surface area (Å²) >= 11 is 6.85. The van der Waals surface area contributed by atoms with Crippen molar-refractivity contribution in [3.63, 3.8) is 0 Å². The van der Waals surface area contributed by atoms with Gasteiger partial charge in [0.25, 0.3) is 0 Å². The number of carbonyl (C=O) groups excluding carboxylic acids is 3. The van der Waals surface area contributed by atoms with E-state index in [1.165, 1.54) is 29.2 Å². The Hall–Kier alpha value is -2.77. The lowest BCUT2D eigenvalue weighted by molar-refractivity contribution is -0.121. The molecule has 33 heavy (non-hydrogen) atoms. The number of nitrogens with zero attached hydrogens (tertiary/aromatic N) is 2. The monoisotopic (exact) mass is 478 g/mol. The number of thiocarbonyl (C=S) groups is 1. The molecule has 2 aliphatic rings. The van der Waals surface area contributed by atoms with E-state index in [9.17, 15) is 14.4 Å². The van der Waals surface area contributed by atoms with Gasteiger partial charge in [0.15, 0.2) is 5.78 Å². The van der Waals surface area contributed by atoms with Crippen molar-refractivity contribution in [2.24, 2.45) is 0 Å². The van der Waals surface area contributed by atoms with Gasteiger partial charge in [0, 0.05) is 25.1 Å². The van der Waals surface area contributed by atoms with Gasteiger partial charge in [-0.05, 0) is 62.1 Å². The zero-order valence-electron chi connectivity index (χ0n) is 18.5. The summed E-state index contributed by atoms with van der Waals surface area (Å²) in [5.74, 6) is -0.624. The Morgan fingerprint density at radius 3 is 2.33 bits per heavy atom. The number of aryl methyl sites for hydroxylation is 1. The Kier molecular flexibility index (Phi) is 7.40. The number of piperidine rings is 1. The minimum absolute atomic E-state index is 0.136. The summed E-state index contributed by atoms with van der Waals surface area (Å²) < 4.78 is 0.698. The highest BCUT2D eigenvalue weighted by atomic mass is 32.2. The summed E-state index contributed by atoms with van der Waals surface area (Å²) in [6.07, 6.45) is 6.86. The molecule has 0 N–H and O–H groups in total. The lowest BCUT2D eigenvalue weighted by Crippen LogP contribution is -2.35. The van der Waals surface area contributed by atoms with Gasteiger partial charge in [-0.1, -0.05) is 59.9 Å². The SMILES string of the molecule is Cc1ccc(/C=C/C(=O)c2ccc(N3C(=O)CC(SC(=S)N4CCCCC4)C3=O)cc2)cc1. The van der Waals surface area contributed by atoms with Gasteiger partial charge in [0.2, 0.25) is 11.8 Å². The maximum absolute atomic E-state index is 13.0. The number of carbonyl (C=O) groups is 3. The largest absolute Gasteiger partial charge is 0.358 e. The van der Waals surface area contributed by atoms with E-state index in [0.717, 1.165) is 37.1 Å². The van der Waals surface area contributed by atoms with Crippen LogP contribution < -0.4 is 4.90 Å². The molecule has 0 aliphatic carbocycles. The number of benzene rings is 2. The van der Waals surface area contributed by atoms with Crippen LogP contribution in [0.1, 0.15) is 47.2 Å². The molecule has 2 fully saturated rings. The smallest absolute Gasteiger partial charge is 0.247 e. The number of hydrogen-bond acceptors (Lipinski definition) is 5. The van der Waals surface area contributed by atoms with E-state index in [2.05, 4.69) is 4.90 Å². The maximum Gasteiger partial charge on any atom is 0.247 e. The van der Waals surface area contributed by atoms with Crippen molar-refractivity contribution in [2.45, 2.75) is 37.9 Å². The lowest BCUT2D eigenvalue weighted by Gasteiger charge is -2.29. The second-order valence-electron chi connectivity index (χ2n) is 8.35. The van der Waals surface area contributed by atoms with Crippen LogP contribution >= 0.6 is 24.0 Å². The molecule has 2 aromatic carbocycles. The van der Waals surface area contributed by atoms with Crippen LogP contribution in [0.15, 0.2) is 54.6 Å². The fourth-order valence-electron chi connectivity index (χ4n) is 3.96. The number of allylic oxidation sites excluding steroid dienone is 1. The molecule has 1 atom stereocenters. The summed E-state index contributed by atoms with van der Waals surface area (Å²) in [4.78, 5) is 41.4. The normalized spacial score (nSPS) is 18.9. The first-order valence-electron chi connectivity index (χ1n) is 11.1. The van der Waals surface area contributed by atoms with Gasteiger partial charge < -0.3 is 4.90 Å². The summed E-state index contributed by atoms with van der Waals surface area (Å²) in [5, 5.41) is -0.495. The molecule has 2 saturated heterocycles. The molecule has 2 amide bonds. The van der Waals surface area contributed by atoms with Gasteiger partial charge in [0.05, 0.1) is 5.69 Å². The minimum atomic E-state index is -0.495. The predicted octanol–water partition coefficient (Wildman–Crippen LogP) is 5.03. The number of anilines is 1. The lowest BCUT2D eigenvalue weighted by atomic mass is 10.1. The van der Waals surface area contributed by atoms with Crippen molar-refractivity contribution in [1.29, 1.82) is 0 Å². The predicted molar refractivity (Wildman–Crippen MR) is 137 cm³/mol. The zero-order valence-corrected chi connectivity index (χ0v) is 20.2. The molecule has 0 radical (unpaired) electrons. The van der Waals surface area contributed by atoms with Crippen LogP contribution in [0.2, 0.25) is 0 Å². The highest BCUT2D eigenvalue weighted by molar-refractivity contribution is 8.23. The van der Waals surface area contributed by atoms with Gasteiger partial charge >= 0.3 is 0 Å². The van der Waals surface area contributed by atoms with Crippen LogP contribution in [0.25, 0.3) is 6.08 Å². The minimum Gasteiger partial charge on any atom is -0.358 e. The molecule has 7 heteroatoms. The van der Waals surface area contributed by atoms with Gasteiger partial charge in [-0.15, -0.1) is 0 Å². The van der Waals surface area contributed by atoms with Crippen LogP contribution in [0, 0.1) is 6.92 Å². The Morgan fingerprint density at radius 2 is 1.67 bits per heavy atom. The number of hydrogen-bond donors (Lipinski definition) is 0. The van der Waals surface area contributed by atoms with Crippen LogP contribution in [0.5, 0.6) is 0 Å². The third-order valence-electron chi connectivity index (χ3n) is 5.88. The van der Waals surface area contributed by atoms with Crippen LogP contribution in [-0.2, 0) is 9.59 Å². The van der Waals surface area contributed by atoms with Crippen LogP contribution in [-0.4, -0.2) is 45.2 Å². The molecule has 2 heterocycles. The topological polar surface area (TPSA) is 57.7 Å². The van der Waals surface area contributed by atoms with Crippen molar-refractivity contribution < 1.29 is 14.4 Å². The molecule has 0 spiro atoms. The number of likely N-dealkylation sites (tertiary alicyclic amines) is 1. The van der Waals surface area contributed by atoms with Crippen molar-refractivity contribution in [2.75, 3.05) is 18.0 Å². The summed E-state index contributed by atoms with van der Waals surface area (Å²) in [7, 11) is 0. The second-order valence-corrected chi connectivity index (χ2v) is 10.2. The van der Waals surface area contributed by atoms with Crippen molar-refractivity contribution in [1.82, 2.24) is 4.90 Å². The highest BCUT2D eigenvalue weighted by Gasteiger charge is 2.41. The molecule has 0 aromatic heterocycles. The van der Waals surface area contributed by atoms with E-state index in [-0.39, 0.29) is 24.0 Å². The Morgan fingerprint density at radius 1 is 1.00 bits per heavy atom. The molecule has 0 bridgehead atoms. The van der Waals surface area contributed by atoms with Gasteiger partial charge in [-0.3, -0.25) is 14.4 Å². The number of ketones is 1. The van der Waals surface area contributed by atoms with Gasteiger partial charge in [0.1, 0.15) is 9.57 Å². The third-order valence-corrected chi connectivity index (χ3v) is 7.54. The summed E-state index contributed by atoms with van der Waals surface area (Å²) in [6.45, 7) is 3.84. The number of imide groups is 1.